The van der Waals surface area contributed by atoms with Crippen molar-refractivity contribution in [3.63, 3.8) is 0 Å². The molecule has 0 unspecified atom stereocenters. The number of benzene rings is 2. The number of para-hydroxylation sites is 1. The van der Waals surface area contributed by atoms with Crippen LogP contribution in [0.4, 0.5) is 5.13 Å². The number of phenolic OH excluding ortho intramolecular Hbond substituents is 1. The van der Waals surface area contributed by atoms with Crippen molar-refractivity contribution in [2.75, 3.05) is 19.0 Å². The summed E-state index contributed by atoms with van der Waals surface area (Å²) in [5, 5.41) is 13.0. The maximum atomic E-state index is 11.3. The minimum absolute atomic E-state index is 0.0505. The molecule has 0 aliphatic heterocycles. The molecular formula is C24H32N2O3S. The van der Waals surface area contributed by atoms with Crippen LogP contribution in [0.2, 0.25) is 0 Å². The zero-order chi connectivity index (χ0) is 22.5. The summed E-state index contributed by atoms with van der Waals surface area (Å²) in [5.74, 6) is 0.202. The summed E-state index contributed by atoms with van der Waals surface area (Å²) in [5.41, 5.74) is 3.92. The number of nitrogens with one attached hydrogen (secondary N) is 1. The molecule has 3 rings (SSSR count). The molecule has 5 nitrogen and oxygen atoms in total. The molecule has 0 aliphatic carbocycles. The third-order valence-electron chi connectivity index (χ3n) is 3.96. The molecule has 3 aromatic rings. The minimum atomic E-state index is -0.182. The number of ether oxygens (including phenoxy) is 1. The van der Waals surface area contributed by atoms with E-state index in [0.29, 0.717) is 10.9 Å². The van der Waals surface area contributed by atoms with Gasteiger partial charge in [0.05, 0.1) is 10.2 Å². The Morgan fingerprint density at radius 2 is 2.03 bits per heavy atom. The highest BCUT2D eigenvalue weighted by atomic mass is 32.1. The van der Waals surface area contributed by atoms with Gasteiger partial charge in [-0.2, -0.15) is 0 Å². The first-order chi connectivity index (χ1) is 14.5. The molecule has 0 saturated heterocycles. The second-order valence-corrected chi connectivity index (χ2v) is 7.31. The Hall–Kier alpha value is -2.70. The molecule has 2 N–H and O–H groups in total. The average molecular weight is 429 g/mol. The number of hydrogen-bond donors (Lipinski definition) is 2. The molecule has 6 heteroatoms. The Kier molecular flexibility index (Phi) is 11.4. The van der Waals surface area contributed by atoms with E-state index in [1.807, 2.05) is 51.1 Å². The molecule has 1 heterocycles. The highest BCUT2D eigenvalue weighted by Crippen LogP contribution is 2.26. The van der Waals surface area contributed by atoms with Gasteiger partial charge in [-0.05, 0) is 36.6 Å². The summed E-state index contributed by atoms with van der Waals surface area (Å²) >= 11 is 1.47. The number of aromatic nitrogens is 1. The van der Waals surface area contributed by atoms with Gasteiger partial charge >= 0.3 is 0 Å². The standard InChI is InChI=1S/C11H12N2O2S.C11H14O.C2H6/c1-7-3-4-8-9(5-7)16-11(12-8)13-10(14)6-15-2;1-3-6-10-8-5-7-9(4-2)11(10)12;1-2/h3-5H,6H2,1-2H3,(H,12,13,14);4-5,7-8,12H,2-3,6H2,1H3;1-2H3. The molecule has 30 heavy (non-hydrogen) atoms. The number of rotatable bonds is 6. The van der Waals surface area contributed by atoms with Crippen LogP contribution in [0.1, 0.15) is 43.9 Å². The van der Waals surface area contributed by atoms with E-state index in [9.17, 15) is 9.90 Å². The highest BCUT2D eigenvalue weighted by Gasteiger charge is 2.07. The number of fused-ring (bicyclic) bond motifs is 1. The number of methoxy groups -OCH3 is 1. The van der Waals surface area contributed by atoms with Crippen molar-refractivity contribution in [2.24, 2.45) is 0 Å². The molecule has 2 aromatic carbocycles. The second kappa shape index (κ2) is 13.5. The first-order valence-corrected chi connectivity index (χ1v) is 10.9. The Morgan fingerprint density at radius 3 is 2.67 bits per heavy atom. The molecule has 0 aliphatic rings. The third-order valence-corrected chi connectivity index (χ3v) is 4.89. The van der Waals surface area contributed by atoms with Crippen molar-refractivity contribution in [3.8, 4) is 5.75 Å². The first-order valence-electron chi connectivity index (χ1n) is 10.1. The first kappa shape index (κ1) is 25.3. The van der Waals surface area contributed by atoms with Gasteiger partial charge in [-0.3, -0.25) is 10.1 Å². The molecule has 0 spiro atoms. The summed E-state index contributed by atoms with van der Waals surface area (Å²) in [4.78, 5) is 15.6. The number of amides is 1. The topological polar surface area (TPSA) is 71.5 Å². The lowest BCUT2D eigenvalue weighted by Gasteiger charge is -2.04. The molecule has 0 saturated carbocycles. The van der Waals surface area contributed by atoms with Crippen molar-refractivity contribution >= 4 is 38.7 Å². The van der Waals surface area contributed by atoms with Crippen molar-refractivity contribution in [2.45, 2.75) is 40.5 Å². The largest absolute Gasteiger partial charge is 0.507 e. The van der Waals surface area contributed by atoms with Crippen LogP contribution in [0.5, 0.6) is 5.75 Å². The van der Waals surface area contributed by atoms with Crippen LogP contribution in [0.15, 0.2) is 43.0 Å². The number of aryl methyl sites for hydroxylation is 2. The molecule has 0 radical (unpaired) electrons. The van der Waals surface area contributed by atoms with Gasteiger partial charge in [-0.25, -0.2) is 4.98 Å². The summed E-state index contributed by atoms with van der Waals surface area (Å²) < 4.78 is 5.81. The van der Waals surface area contributed by atoms with E-state index in [4.69, 9.17) is 4.74 Å². The van der Waals surface area contributed by atoms with Gasteiger partial charge < -0.3 is 9.84 Å². The van der Waals surface area contributed by atoms with Gasteiger partial charge in [0, 0.05) is 12.7 Å². The predicted molar refractivity (Wildman–Crippen MR) is 128 cm³/mol. The number of nitrogens with zero attached hydrogens (tertiary/aromatic N) is 1. The van der Waals surface area contributed by atoms with E-state index in [0.717, 1.165) is 34.2 Å². The number of thiazole rings is 1. The molecule has 1 amide bonds. The van der Waals surface area contributed by atoms with E-state index in [1.54, 1.807) is 6.08 Å². The van der Waals surface area contributed by atoms with Gasteiger partial charge in [-0.15, -0.1) is 0 Å². The predicted octanol–water partition coefficient (Wildman–Crippen LogP) is 6.20. The second-order valence-electron chi connectivity index (χ2n) is 6.28. The molecule has 0 fully saturated rings. The quantitative estimate of drug-likeness (QED) is 0.490. The highest BCUT2D eigenvalue weighted by molar-refractivity contribution is 7.22. The monoisotopic (exact) mass is 428 g/mol. The Balaban J connectivity index is 0.000000287. The Morgan fingerprint density at radius 1 is 1.30 bits per heavy atom. The lowest BCUT2D eigenvalue weighted by molar-refractivity contribution is -0.119. The number of carbonyl (C=O) groups excluding carboxylic acids is 1. The van der Waals surface area contributed by atoms with Crippen molar-refractivity contribution in [1.82, 2.24) is 4.98 Å². The van der Waals surface area contributed by atoms with E-state index >= 15 is 0 Å². The molecule has 0 bridgehead atoms. The number of phenols is 1. The Bertz CT molecular complexity index is 951. The van der Waals surface area contributed by atoms with Crippen LogP contribution in [0.3, 0.4) is 0 Å². The van der Waals surface area contributed by atoms with Crippen molar-refractivity contribution < 1.29 is 14.6 Å². The van der Waals surface area contributed by atoms with Gasteiger partial charge in [0.15, 0.2) is 5.13 Å². The van der Waals surface area contributed by atoms with Gasteiger partial charge in [-0.1, -0.05) is 75.4 Å². The zero-order valence-electron chi connectivity index (χ0n) is 18.5. The zero-order valence-corrected chi connectivity index (χ0v) is 19.3. The van der Waals surface area contributed by atoms with E-state index in [-0.39, 0.29) is 12.5 Å². The number of aromatic hydroxyl groups is 1. The lowest BCUT2D eigenvalue weighted by Crippen LogP contribution is -2.16. The molecule has 162 valence electrons. The normalized spacial score (nSPS) is 9.77. The summed E-state index contributed by atoms with van der Waals surface area (Å²) in [6.07, 6.45) is 3.65. The fourth-order valence-corrected chi connectivity index (χ4v) is 3.60. The van der Waals surface area contributed by atoms with Crippen molar-refractivity contribution in [3.05, 3.63) is 59.7 Å². The molecule has 0 atom stereocenters. The SMILES string of the molecule is C=Cc1cccc(CCC)c1O.CC.COCC(=O)Nc1nc2ccc(C)cc2s1. The average Bonchev–Trinajstić information content (AvgIpc) is 3.13. The summed E-state index contributed by atoms with van der Waals surface area (Å²) in [6.45, 7) is 11.8. The number of anilines is 1. The minimum Gasteiger partial charge on any atom is -0.507 e. The van der Waals surface area contributed by atoms with Crippen LogP contribution < -0.4 is 5.32 Å². The van der Waals surface area contributed by atoms with Gasteiger partial charge in [0.2, 0.25) is 0 Å². The maximum Gasteiger partial charge on any atom is 0.252 e. The molecular weight excluding hydrogens is 396 g/mol. The van der Waals surface area contributed by atoms with Crippen molar-refractivity contribution in [1.29, 1.82) is 0 Å². The number of hydrogen-bond acceptors (Lipinski definition) is 5. The van der Waals surface area contributed by atoms with E-state index < -0.39 is 0 Å². The Labute approximate surface area is 183 Å². The van der Waals surface area contributed by atoms with E-state index in [2.05, 4.69) is 29.9 Å². The third kappa shape index (κ3) is 7.61. The fourth-order valence-electron chi connectivity index (χ4n) is 2.62. The van der Waals surface area contributed by atoms with Crippen LogP contribution >= 0.6 is 11.3 Å². The van der Waals surface area contributed by atoms with Crippen LogP contribution in [0.25, 0.3) is 16.3 Å². The fraction of sp³-hybridized carbons (Fsp3) is 0.333. The summed E-state index contributed by atoms with van der Waals surface area (Å²) in [6, 6.07) is 11.8. The smallest absolute Gasteiger partial charge is 0.252 e. The van der Waals surface area contributed by atoms with Crippen LogP contribution in [-0.2, 0) is 16.0 Å². The van der Waals surface area contributed by atoms with E-state index in [1.165, 1.54) is 24.0 Å². The van der Waals surface area contributed by atoms with Gasteiger partial charge in [0.25, 0.3) is 5.91 Å². The lowest BCUT2D eigenvalue weighted by atomic mass is 10.1. The maximum absolute atomic E-state index is 11.3. The summed E-state index contributed by atoms with van der Waals surface area (Å²) in [7, 11) is 1.49. The molecule has 1 aromatic heterocycles. The van der Waals surface area contributed by atoms with Crippen LogP contribution in [0, 0.1) is 6.92 Å². The number of carbonyl (C=O) groups is 1. The van der Waals surface area contributed by atoms with Gasteiger partial charge in [0.1, 0.15) is 12.4 Å². The van der Waals surface area contributed by atoms with Crippen LogP contribution in [-0.4, -0.2) is 29.7 Å².